The van der Waals surface area contributed by atoms with Gasteiger partial charge in [-0.05, 0) is 48.4 Å². The van der Waals surface area contributed by atoms with Crippen molar-refractivity contribution in [3.05, 3.63) is 85.8 Å². The van der Waals surface area contributed by atoms with Crippen LogP contribution < -0.4 is 20.3 Å². The van der Waals surface area contributed by atoms with Crippen LogP contribution in [0.25, 0.3) is 0 Å². The van der Waals surface area contributed by atoms with Gasteiger partial charge in [0.1, 0.15) is 11.3 Å². The molecule has 1 spiro atoms. The maximum absolute atomic E-state index is 14.2. The molecule has 2 aliphatic heterocycles. The van der Waals surface area contributed by atoms with Gasteiger partial charge in [-0.3, -0.25) is 24.6 Å². The van der Waals surface area contributed by atoms with Crippen LogP contribution in [0.3, 0.4) is 0 Å². The number of nitrogens with zero attached hydrogens (tertiary/aromatic N) is 1. The van der Waals surface area contributed by atoms with Crippen LogP contribution in [-0.4, -0.2) is 31.4 Å². The fourth-order valence-corrected chi connectivity index (χ4v) is 6.88. The summed E-state index contributed by atoms with van der Waals surface area (Å²) in [5.41, 5.74) is 0.687. The number of hydrogen-bond acceptors (Lipinski definition) is 5. The lowest BCUT2D eigenvalue weighted by molar-refractivity contribution is -0.127. The lowest BCUT2D eigenvalue weighted by atomic mass is 9.75. The number of nitrogens with one attached hydrogen (secondary N) is 2. The summed E-state index contributed by atoms with van der Waals surface area (Å²) in [4.78, 5) is 41.2. The fourth-order valence-electron chi connectivity index (χ4n) is 5.82. The Balaban J connectivity index is 1.64. The Morgan fingerprint density at radius 3 is 2.38 bits per heavy atom. The molecule has 1 fully saturated rings. The van der Waals surface area contributed by atoms with Crippen molar-refractivity contribution in [3.8, 4) is 5.75 Å². The number of anilines is 2. The van der Waals surface area contributed by atoms with Gasteiger partial charge in [0, 0.05) is 32.6 Å². The van der Waals surface area contributed by atoms with E-state index < -0.39 is 29.3 Å². The van der Waals surface area contributed by atoms with E-state index in [2.05, 4.69) is 10.6 Å². The van der Waals surface area contributed by atoms with Gasteiger partial charge in [0.05, 0.1) is 29.4 Å². The first kappa shape index (κ1) is 27.7. The molecular formula is C28H23Cl4N3O4. The molecule has 2 heterocycles. The van der Waals surface area contributed by atoms with E-state index in [0.29, 0.717) is 34.9 Å². The molecule has 0 aliphatic carbocycles. The van der Waals surface area contributed by atoms with E-state index in [9.17, 15) is 14.4 Å². The van der Waals surface area contributed by atoms with Gasteiger partial charge >= 0.3 is 0 Å². The first-order chi connectivity index (χ1) is 18.6. The number of methoxy groups -OCH3 is 1. The van der Waals surface area contributed by atoms with Crippen molar-refractivity contribution in [1.82, 2.24) is 5.32 Å². The molecule has 5 rings (SSSR count). The number of halogens is 4. The fraction of sp³-hybridized carbons (Fsp3) is 0.250. The predicted octanol–water partition coefficient (Wildman–Crippen LogP) is 6.11. The Kier molecular flexibility index (Phi) is 7.57. The molecule has 3 amide bonds. The molecule has 4 unspecified atom stereocenters. The number of rotatable bonds is 6. The maximum Gasteiger partial charge on any atom is 0.249 e. The molecule has 0 radical (unpaired) electrons. The van der Waals surface area contributed by atoms with Gasteiger partial charge in [-0.2, -0.15) is 0 Å². The highest BCUT2D eigenvalue weighted by Gasteiger charge is 2.62. The monoisotopic (exact) mass is 605 g/mol. The Hall–Kier alpha value is -2.81. The molecule has 7 nitrogen and oxygen atoms in total. The number of carbonyl (C=O) groups excluding carboxylic acids is 3. The third kappa shape index (κ3) is 4.66. The van der Waals surface area contributed by atoms with Crippen LogP contribution in [-0.2, 0) is 26.3 Å². The Bertz CT molecular complexity index is 1480. The van der Waals surface area contributed by atoms with Crippen LogP contribution in [0.1, 0.15) is 18.1 Å². The zero-order valence-electron chi connectivity index (χ0n) is 20.8. The van der Waals surface area contributed by atoms with E-state index in [4.69, 9.17) is 51.1 Å². The molecule has 3 aromatic carbocycles. The van der Waals surface area contributed by atoms with E-state index >= 15 is 0 Å². The average Bonchev–Trinajstić information content (AvgIpc) is 3.33. The lowest BCUT2D eigenvalue weighted by Gasteiger charge is -2.30. The SMILES string of the molecule is COc1ccccc1CC1NC2(C(=O)Nc3c(Cl)cc(Cl)cc32)C(C)C1C(=O)N(C=O)c1cc(Cl)cc(Cl)c1. The first-order valence-corrected chi connectivity index (χ1v) is 13.6. The van der Waals surface area contributed by atoms with Crippen LogP contribution in [0.5, 0.6) is 5.75 Å². The highest BCUT2D eigenvalue weighted by Crippen LogP contribution is 2.52. The molecule has 1 saturated heterocycles. The van der Waals surface area contributed by atoms with Gasteiger partial charge in [0.2, 0.25) is 18.2 Å². The van der Waals surface area contributed by atoms with Gasteiger partial charge in [-0.25, -0.2) is 0 Å². The van der Waals surface area contributed by atoms with Crippen LogP contribution in [0.4, 0.5) is 11.4 Å². The van der Waals surface area contributed by atoms with Crippen molar-refractivity contribution < 1.29 is 19.1 Å². The van der Waals surface area contributed by atoms with Crippen molar-refractivity contribution >= 4 is 76.0 Å². The third-order valence-corrected chi connectivity index (χ3v) is 8.48. The molecular weight excluding hydrogens is 584 g/mol. The Morgan fingerprint density at radius 1 is 1.05 bits per heavy atom. The zero-order chi connectivity index (χ0) is 28.1. The molecule has 2 aliphatic rings. The van der Waals surface area contributed by atoms with Gasteiger partial charge < -0.3 is 10.1 Å². The minimum Gasteiger partial charge on any atom is -0.496 e. The second kappa shape index (κ2) is 10.6. The van der Waals surface area contributed by atoms with Gasteiger partial charge in [0.15, 0.2) is 0 Å². The van der Waals surface area contributed by atoms with Crippen LogP contribution in [0, 0.1) is 11.8 Å². The predicted molar refractivity (Wildman–Crippen MR) is 153 cm³/mol. The van der Waals surface area contributed by atoms with Gasteiger partial charge in [-0.15, -0.1) is 0 Å². The van der Waals surface area contributed by atoms with Crippen LogP contribution in [0.2, 0.25) is 20.1 Å². The second-order valence-corrected chi connectivity index (χ2v) is 11.3. The minimum atomic E-state index is -1.34. The summed E-state index contributed by atoms with van der Waals surface area (Å²) in [7, 11) is 1.56. The number of para-hydroxylation sites is 1. The topological polar surface area (TPSA) is 87.7 Å². The molecule has 0 bridgehead atoms. The van der Waals surface area contributed by atoms with E-state index in [1.807, 2.05) is 24.3 Å². The van der Waals surface area contributed by atoms with Gasteiger partial charge in [0.25, 0.3) is 0 Å². The van der Waals surface area contributed by atoms with E-state index in [-0.39, 0.29) is 26.7 Å². The normalized spacial score (nSPS) is 23.4. The summed E-state index contributed by atoms with van der Waals surface area (Å²) in [6.07, 6.45) is 0.755. The number of benzene rings is 3. The van der Waals surface area contributed by atoms with Gasteiger partial charge in [-0.1, -0.05) is 71.5 Å². The molecule has 2 N–H and O–H groups in total. The number of imide groups is 1. The summed E-state index contributed by atoms with van der Waals surface area (Å²) in [6, 6.07) is 14.5. The van der Waals surface area contributed by atoms with Crippen molar-refractivity contribution in [2.75, 3.05) is 17.3 Å². The zero-order valence-corrected chi connectivity index (χ0v) is 23.8. The molecule has 11 heteroatoms. The molecule has 202 valence electrons. The summed E-state index contributed by atoms with van der Waals surface area (Å²) in [5.74, 6) is -1.72. The summed E-state index contributed by atoms with van der Waals surface area (Å²) >= 11 is 25.2. The van der Waals surface area contributed by atoms with Crippen molar-refractivity contribution in [2.45, 2.75) is 24.9 Å². The van der Waals surface area contributed by atoms with Crippen LogP contribution >= 0.6 is 46.4 Å². The largest absolute Gasteiger partial charge is 0.496 e. The molecule has 0 saturated carbocycles. The van der Waals surface area contributed by atoms with E-state index in [1.165, 1.54) is 18.2 Å². The highest BCUT2D eigenvalue weighted by atomic mass is 35.5. The minimum absolute atomic E-state index is 0.221. The summed E-state index contributed by atoms with van der Waals surface area (Å²) in [5, 5.41) is 7.50. The number of amides is 3. The molecule has 3 aromatic rings. The van der Waals surface area contributed by atoms with E-state index in [0.717, 1.165) is 10.5 Å². The van der Waals surface area contributed by atoms with Crippen molar-refractivity contribution in [2.24, 2.45) is 11.8 Å². The highest BCUT2D eigenvalue weighted by molar-refractivity contribution is 6.38. The molecule has 0 aromatic heterocycles. The van der Waals surface area contributed by atoms with Crippen molar-refractivity contribution in [1.29, 1.82) is 0 Å². The standard InChI is InChI=1S/C28H23Cl4N3O4/c1-14-24(26(37)35(13-36)19-9-16(29)8-17(30)10-19)22(7-15-5-3-4-6-23(15)39-2)34-28(14)20-11-18(31)12-21(32)25(20)33-27(28)38/h3-6,8-14,22,24,34H,7H2,1-2H3,(H,33,38). The number of ether oxygens (including phenoxy) is 1. The Morgan fingerprint density at radius 2 is 1.72 bits per heavy atom. The number of carbonyl (C=O) groups is 3. The van der Waals surface area contributed by atoms with Crippen LogP contribution in [0.15, 0.2) is 54.6 Å². The first-order valence-electron chi connectivity index (χ1n) is 12.1. The maximum atomic E-state index is 14.2. The third-order valence-electron chi connectivity index (χ3n) is 7.53. The van der Waals surface area contributed by atoms with E-state index in [1.54, 1.807) is 26.2 Å². The number of fused-ring (bicyclic) bond motifs is 2. The smallest absolute Gasteiger partial charge is 0.249 e. The quantitative estimate of drug-likeness (QED) is 0.331. The van der Waals surface area contributed by atoms with Crippen molar-refractivity contribution in [3.63, 3.8) is 0 Å². The second-order valence-electron chi connectivity index (χ2n) is 9.59. The Labute approximate surface area is 245 Å². The summed E-state index contributed by atoms with van der Waals surface area (Å²) < 4.78 is 5.55. The average molecular weight is 607 g/mol. The lowest BCUT2D eigenvalue weighted by Crippen LogP contribution is -2.49. The number of hydrogen-bond donors (Lipinski definition) is 2. The molecule has 39 heavy (non-hydrogen) atoms. The molecule has 4 atom stereocenters. The summed E-state index contributed by atoms with van der Waals surface area (Å²) in [6.45, 7) is 1.80.